The van der Waals surface area contributed by atoms with Crippen LogP contribution in [0.2, 0.25) is 0 Å². The number of nitrogens with two attached hydrogens (primary N) is 2. The summed E-state index contributed by atoms with van der Waals surface area (Å²) in [6.45, 7) is 1.97. The molecule has 0 aliphatic heterocycles. The van der Waals surface area contributed by atoms with Gasteiger partial charge in [-0.15, -0.1) is 0 Å². The minimum atomic E-state index is -1.20. The summed E-state index contributed by atoms with van der Waals surface area (Å²) in [5, 5.41) is 13.3. The minimum absolute atomic E-state index is 0.00204. The average molecular weight is 758 g/mol. The molecule has 56 heavy (non-hydrogen) atoms. The summed E-state index contributed by atoms with van der Waals surface area (Å²) in [7, 11) is 0. The SMILES string of the molecule is CCCC[C@H](NC(=O)c1ccccc1)C(=O)N[C@@H](Cc1cnc[nH]1)C(=O)N[C@@H](Cc1cccc(N=C(N)N)c1)C(=O)N[C@H](C=O)Cc1ccc2ccccc2c1. The number of nitrogens with zero attached hydrogens (tertiary/aromatic N) is 2. The van der Waals surface area contributed by atoms with Crippen LogP contribution in [0.3, 0.4) is 0 Å². The number of guanidine groups is 1. The third-order valence-corrected chi connectivity index (χ3v) is 9.12. The van der Waals surface area contributed by atoms with Crippen molar-refractivity contribution in [3.8, 4) is 0 Å². The molecule has 0 saturated heterocycles. The molecule has 5 rings (SSSR count). The number of nitrogens with one attached hydrogen (secondary N) is 5. The lowest BCUT2D eigenvalue weighted by Crippen LogP contribution is -2.58. The van der Waals surface area contributed by atoms with Gasteiger partial charge in [0.1, 0.15) is 24.4 Å². The molecule has 0 aliphatic carbocycles. The fourth-order valence-electron chi connectivity index (χ4n) is 6.26. The van der Waals surface area contributed by atoms with Crippen molar-refractivity contribution < 1.29 is 24.0 Å². The molecule has 1 heterocycles. The summed E-state index contributed by atoms with van der Waals surface area (Å²) in [5.74, 6) is -2.43. The van der Waals surface area contributed by atoms with Gasteiger partial charge in [-0.05, 0) is 59.0 Å². The molecular formula is C42H47N9O5. The van der Waals surface area contributed by atoms with E-state index in [-0.39, 0.29) is 25.2 Å². The summed E-state index contributed by atoms with van der Waals surface area (Å²) in [4.78, 5) is 78.7. The molecule has 9 N–H and O–H groups in total. The highest BCUT2D eigenvalue weighted by Crippen LogP contribution is 2.18. The summed E-state index contributed by atoms with van der Waals surface area (Å²) < 4.78 is 0. The maximum atomic E-state index is 14.2. The van der Waals surface area contributed by atoms with Crippen molar-refractivity contribution in [3.63, 3.8) is 0 Å². The molecular weight excluding hydrogens is 711 g/mol. The van der Waals surface area contributed by atoms with E-state index in [0.29, 0.717) is 41.6 Å². The second kappa shape index (κ2) is 20.0. The van der Waals surface area contributed by atoms with Crippen LogP contribution in [0.5, 0.6) is 0 Å². The van der Waals surface area contributed by atoms with Crippen molar-refractivity contribution in [1.82, 2.24) is 31.2 Å². The molecule has 0 fully saturated rings. The first kappa shape index (κ1) is 40.4. The second-order valence-electron chi connectivity index (χ2n) is 13.5. The first-order valence-electron chi connectivity index (χ1n) is 18.5. The number of imidazole rings is 1. The Hall–Kier alpha value is -6.83. The molecule has 0 radical (unpaired) electrons. The van der Waals surface area contributed by atoms with Crippen LogP contribution in [0, 0.1) is 0 Å². The van der Waals surface area contributed by atoms with Crippen molar-refractivity contribution in [3.05, 3.63) is 132 Å². The van der Waals surface area contributed by atoms with Crippen LogP contribution in [0.4, 0.5) is 5.69 Å². The second-order valence-corrected chi connectivity index (χ2v) is 13.5. The third-order valence-electron chi connectivity index (χ3n) is 9.12. The van der Waals surface area contributed by atoms with Gasteiger partial charge >= 0.3 is 0 Å². The van der Waals surface area contributed by atoms with Gasteiger partial charge in [0.15, 0.2) is 5.96 Å². The number of aldehydes is 1. The number of aliphatic imine (C=N–C) groups is 1. The van der Waals surface area contributed by atoms with E-state index in [1.165, 1.54) is 12.5 Å². The van der Waals surface area contributed by atoms with Crippen LogP contribution in [0.15, 0.2) is 115 Å². The van der Waals surface area contributed by atoms with E-state index < -0.39 is 47.8 Å². The van der Waals surface area contributed by atoms with Crippen LogP contribution in [-0.2, 0) is 38.4 Å². The van der Waals surface area contributed by atoms with Crippen molar-refractivity contribution in [1.29, 1.82) is 0 Å². The fourth-order valence-corrected chi connectivity index (χ4v) is 6.26. The van der Waals surface area contributed by atoms with Gasteiger partial charge in [0.05, 0.1) is 18.1 Å². The van der Waals surface area contributed by atoms with Crippen LogP contribution in [-0.4, -0.2) is 70.0 Å². The smallest absolute Gasteiger partial charge is 0.251 e. The quantitative estimate of drug-likeness (QED) is 0.0375. The predicted molar refractivity (Wildman–Crippen MR) is 215 cm³/mol. The molecule has 4 aromatic carbocycles. The van der Waals surface area contributed by atoms with Gasteiger partial charge in [0.2, 0.25) is 17.7 Å². The molecule has 0 unspecified atom stereocenters. The van der Waals surface area contributed by atoms with Crippen molar-refractivity contribution >= 4 is 52.3 Å². The molecule has 5 aromatic rings. The van der Waals surface area contributed by atoms with E-state index >= 15 is 0 Å². The lowest BCUT2D eigenvalue weighted by molar-refractivity contribution is -0.133. The summed E-state index contributed by atoms with van der Waals surface area (Å²) in [6.07, 6.45) is 5.59. The Kier molecular flexibility index (Phi) is 14.4. The lowest BCUT2D eigenvalue weighted by Gasteiger charge is -2.26. The molecule has 14 nitrogen and oxygen atoms in total. The normalized spacial score (nSPS) is 13.0. The zero-order chi connectivity index (χ0) is 39.9. The van der Waals surface area contributed by atoms with E-state index in [2.05, 4.69) is 36.2 Å². The Bertz CT molecular complexity index is 2140. The van der Waals surface area contributed by atoms with E-state index in [4.69, 9.17) is 11.5 Å². The maximum absolute atomic E-state index is 14.2. The molecule has 14 heteroatoms. The summed E-state index contributed by atoms with van der Waals surface area (Å²) in [5.41, 5.74) is 14.0. The Morgan fingerprint density at radius 1 is 0.732 bits per heavy atom. The third kappa shape index (κ3) is 11.8. The Balaban J connectivity index is 1.39. The highest BCUT2D eigenvalue weighted by molar-refractivity contribution is 5.99. The lowest BCUT2D eigenvalue weighted by atomic mass is 10.0. The molecule has 4 amide bonds. The summed E-state index contributed by atoms with van der Waals surface area (Å²) >= 11 is 0. The predicted octanol–water partition coefficient (Wildman–Crippen LogP) is 3.14. The largest absolute Gasteiger partial charge is 0.370 e. The van der Waals surface area contributed by atoms with Crippen molar-refractivity contribution in [2.24, 2.45) is 16.5 Å². The zero-order valence-corrected chi connectivity index (χ0v) is 31.1. The van der Waals surface area contributed by atoms with Crippen LogP contribution >= 0.6 is 0 Å². The number of carbonyl (C=O) groups excluding carboxylic acids is 5. The van der Waals surface area contributed by atoms with Gasteiger partial charge in [-0.3, -0.25) is 19.2 Å². The number of benzene rings is 4. The van der Waals surface area contributed by atoms with Crippen molar-refractivity contribution in [2.75, 3.05) is 0 Å². The molecule has 1 aromatic heterocycles. The first-order valence-corrected chi connectivity index (χ1v) is 18.5. The molecule has 290 valence electrons. The number of unbranched alkanes of at least 4 members (excludes halogenated alkanes) is 1. The highest BCUT2D eigenvalue weighted by atomic mass is 16.2. The fraction of sp³-hybridized carbons (Fsp3) is 0.262. The number of hydrogen-bond donors (Lipinski definition) is 7. The van der Waals surface area contributed by atoms with Gasteiger partial charge in [0, 0.05) is 30.3 Å². The van der Waals surface area contributed by atoms with E-state index in [1.54, 1.807) is 54.6 Å². The van der Waals surface area contributed by atoms with Crippen LogP contribution in [0.25, 0.3) is 10.8 Å². The van der Waals surface area contributed by atoms with Crippen molar-refractivity contribution in [2.45, 2.75) is 69.6 Å². The number of amides is 4. The van der Waals surface area contributed by atoms with Crippen LogP contribution < -0.4 is 32.7 Å². The standard InChI is InChI=1S/C42H47N9O5/c1-2-3-16-35(49-38(53)30-12-5-4-6-13-30)39(54)51-37(23-33-24-45-26-46-33)41(56)50-36(22-27-10-9-15-32(20-27)48-42(43)44)40(55)47-34(25-52)21-28-17-18-29-11-7-8-14-31(29)19-28/h4-15,17-20,24-26,34-37H,2-3,16,21-23H2,1H3,(H,45,46)(H,47,55)(H,49,53)(H,50,56)(H,51,54)(H4,43,44,48)/t34-,35-,36-,37-/m0/s1. The van der Waals surface area contributed by atoms with Gasteiger partial charge in [-0.1, -0.05) is 92.6 Å². The molecule has 0 bridgehead atoms. The van der Waals surface area contributed by atoms with E-state index in [9.17, 15) is 24.0 Å². The monoisotopic (exact) mass is 757 g/mol. The van der Waals surface area contributed by atoms with Gasteiger partial charge in [-0.25, -0.2) is 9.98 Å². The maximum Gasteiger partial charge on any atom is 0.251 e. The topological polar surface area (TPSA) is 227 Å². The summed E-state index contributed by atoms with van der Waals surface area (Å²) in [6, 6.07) is 24.8. The number of aromatic amines is 1. The number of H-pyrrole nitrogens is 1. The molecule has 4 atom stereocenters. The van der Waals surface area contributed by atoms with E-state index in [0.717, 1.165) is 22.8 Å². The Morgan fingerprint density at radius 3 is 2.11 bits per heavy atom. The van der Waals surface area contributed by atoms with E-state index in [1.807, 2.05) is 49.4 Å². The number of hydrogen-bond acceptors (Lipinski definition) is 7. The van der Waals surface area contributed by atoms with Crippen LogP contribution in [0.1, 0.15) is 53.4 Å². The average Bonchev–Trinajstić information content (AvgIpc) is 3.72. The van der Waals surface area contributed by atoms with Gasteiger partial charge < -0.3 is 42.5 Å². The molecule has 0 saturated carbocycles. The minimum Gasteiger partial charge on any atom is -0.370 e. The Labute approximate surface area is 324 Å². The van der Waals surface area contributed by atoms with Gasteiger partial charge in [-0.2, -0.15) is 0 Å². The first-order chi connectivity index (χ1) is 27.1. The number of fused-ring (bicyclic) bond motifs is 1. The number of carbonyl (C=O) groups is 5. The number of aromatic nitrogens is 2. The van der Waals surface area contributed by atoms with Gasteiger partial charge in [0.25, 0.3) is 5.91 Å². The number of rotatable bonds is 19. The highest BCUT2D eigenvalue weighted by Gasteiger charge is 2.31. The molecule has 0 spiro atoms. The zero-order valence-electron chi connectivity index (χ0n) is 31.1. The molecule has 0 aliphatic rings. The Morgan fingerprint density at radius 2 is 1.41 bits per heavy atom.